The van der Waals surface area contributed by atoms with Crippen LogP contribution in [0.15, 0.2) is 70.7 Å². The summed E-state index contributed by atoms with van der Waals surface area (Å²) in [4.78, 5) is 39.0. The number of hydrogen-bond acceptors (Lipinski definition) is 5. The van der Waals surface area contributed by atoms with Crippen molar-refractivity contribution in [2.75, 3.05) is 12.0 Å². The van der Waals surface area contributed by atoms with Gasteiger partial charge in [-0.25, -0.2) is 9.69 Å². The summed E-state index contributed by atoms with van der Waals surface area (Å²) in [6, 6.07) is 16.6. The molecule has 4 amide bonds. The molecule has 0 bridgehead atoms. The predicted molar refractivity (Wildman–Crippen MR) is 145 cm³/mol. The number of ether oxygens (including phenoxy) is 2. The van der Waals surface area contributed by atoms with E-state index in [1.54, 1.807) is 42.5 Å². The molecule has 0 saturated carbocycles. The first-order valence-electron chi connectivity index (χ1n) is 10.2. The van der Waals surface area contributed by atoms with Crippen molar-refractivity contribution < 1.29 is 23.9 Å². The summed E-state index contributed by atoms with van der Waals surface area (Å²) < 4.78 is 13.0. The average Bonchev–Trinajstić information content (AvgIpc) is 2.83. The highest BCUT2D eigenvalue weighted by Crippen LogP contribution is 2.36. The van der Waals surface area contributed by atoms with E-state index in [1.165, 1.54) is 13.2 Å². The lowest BCUT2D eigenvalue weighted by molar-refractivity contribution is -0.122. The van der Waals surface area contributed by atoms with Gasteiger partial charge in [-0.15, -0.1) is 0 Å². The van der Waals surface area contributed by atoms with Crippen LogP contribution >= 0.6 is 50.1 Å². The lowest BCUT2D eigenvalue weighted by Gasteiger charge is -2.26. The van der Waals surface area contributed by atoms with Crippen LogP contribution in [0.3, 0.4) is 0 Å². The highest BCUT2D eigenvalue weighted by molar-refractivity contribution is 14.1. The number of amides is 4. The molecule has 0 atom stereocenters. The maximum atomic E-state index is 13.1. The van der Waals surface area contributed by atoms with E-state index in [4.69, 9.17) is 21.1 Å². The van der Waals surface area contributed by atoms with Crippen LogP contribution in [0.5, 0.6) is 11.5 Å². The number of anilines is 1. The van der Waals surface area contributed by atoms with Gasteiger partial charge in [-0.2, -0.15) is 0 Å². The summed E-state index contributed by atoms with van der Waals surface area (Å²) in [7, 11) is 1.50. The Kier molecular flexibility index (Phi) is 7.78. The lowest BCUT2D eigenvalue weighted by atomic mass is 10.1. The van der Waals surface area contributed by atoms with Crippen LogP contribution in [0.4, 0.5) is 10.5 Å². The Morgan fingerprint density at radius 1 is 1.09 bits per heavy atom. The van der Waals surface area contributed by atoms with Crippen molar-refractivity contribution in [2.24, 2.45) is 0 Å². The summed E-state index contributed by atoms with van der Waals surface area (Å²) in [6.45, 7) is 0.234. The smallest absolute Gasteiger partial charge is 0.335 e. The summed E-state index contributed by atoms with van der Waals surface area (Å²) in [5.41, 5.74) is 1.50. The van der Waals surface area contributed by atoms with Crippen molar-refractivity contribution in [3.8, 4) is 11.5 Å². The van der Waals surface area contributed by atoms with Crippen LogP contribution in [0.2, 0.25) is 5.02 Å². The number of nitrogens with zero attached hydrogens (tertiary/aromatic N) is 1. The van der Waals surface area contributed by atoms with Crippen molar-refractivity contribution in [3.05, 3.63) is 90.4 Å². The minimum atomic E-state index is -0.810. The van der Waals surface area contributed by atoms with Gasteiger partial charge in [0, 0.05) is 15.1 Å². The van der Waals surface area contributed by atoms with E-state index in [0.29, 0.717) is 31.3 Å². The maximum absolute atomic E-state index is 13.1. The first-order chi connectivity index (χ1) is 16.8. The number of urea groups is 1. The molecule has 7 nitrogen and oxygen atoms in total. The van der Waals surface area contributed by atoms with Crippen molar-refractivity contribution in [3.63, 3.8) is 0 Å². The molecule has 0 aromatic heterocycles. The lowest BCUT2D eigenvalue weighted by Crippen LogP contribution is -2.54. The zero-order valence-corrected chi connectivity index (χ0v) is 22.7. The fourth-order valence-electron chi connectivity index (χ4n) is 3.38. The average molecular weight is 668 g/mol. The zero-order chi connectivity index (χ0) is 25.1. The molecule has 1 aliphatic heterocycles. The second kappa shape index (κ2) is 10.8. The molecule has 10 heteroatoms. The number of benzene rings is 3. The topological polar surface area (TPSA) is 84.9 Å². The van der Waals surface area contributed by atoms with E-state index in [-0.39, 0.29) is 12.2 Å². The third kappa shape index (κ3) is 5.52. The molecule has 1 aliphatic rings. The fourth-order valence-corrected chi connectivity index (χ4v) is 4.61. The first-order valence-corrected chi connectivity index (χ1v) is 12.4. The van der Waals surface area contributed by atoms with E-state index < -0.39 is 17.8 Å². The number of nitrogens with one attached hydrogen (secondary N) is 1. The molecule has 1 N–H and O–H groups in total. The van der Waals surface area contributed by atoms with Gasteiger partial charge in [0.05, 0.1) is 16.4 Å². The molecule has 0 spiro atoms. The zero-order valence-electron chi connectivity index (χ0n) is 18.2. The van der Waals surface area contributed by atoms with Crippen molar-refractivity contribution >= 4 is 79.7 Å². The van der Waals surface area contributed by atoms with Gasteiger partial charge in [0.15, 0.2) is 11.5 Å². The SMILES string of the molecule is COc1cc(/C=C2\C(=O)NC(=O)N(c3ccc(Br)cc3)C2=O)cc(I)c1OCc1ccccc1Cl. The first kappa shape index (κ1) is 25.2. The third-order valence-corrected chi connectivity index (χ3v) is 6.78. The van der Waals surface area contributed by atoms with E-state index in [2.05, 4.69) is 43.8 Å². The van der Waals surface area contributed by atoms with E-state index >= 15 is 0 Å². The van der Waals surface area contributed by atoms with E-state index in [0.717, 1.165) is 14.9 Å². The molecule has 0 aliphatic carbocycles. The highest BCUT2D eigenvalue weighted by atomic mass is 127. The molecule has 178 valence electrons. The Morgan fingerprint density at radius 3 is 2.49 bits per heavy atom. The molecule has 3 aromatic rings. The monoisotopic (exact) mass is 666 g/mol. The number of halogens is 3. The molecule has 1 fully saturated rings. The van der Waals surface area contributed by atoms with Crippen molar-refractivity contribution in [2.45, 2.75) is 6.61 Å². The molecule has 3 aromatic carbocycles. The van der Waals surface area contributed by atoms with Gasteiger partial charge in [-0.3, -0.25) is 14.9 Å². The largest absolute Gasteiger partial charge is 0.493 e. The van der Waals surface area contributed by atoms with Crippen LogP contribution in [0.25, 0.3) is 6.08 Å². The van der Waals surface area contributed by atoms with Crippen LogP contribution < -0.4 is 19.7 Å². The van der Waals surface area contributed by atoms with Gasteiger partial charge in [0.2, 0.25) is 0 Å². The molecule has 35 heavy (non-hydrogen) atoms. The van der Waals surface area contributed by atoms with Gasteiger partial charge in [-0.1, -0.05) is 45.7 Å². The number of carbonyl (C=O) groups excluding carboxylic acids is 3. The highest BCUT2D eigenvalue weighted by Gasteiger charge is 2.36. The molecular formula is C25H17BrClIN2O5. The Morgan fingerprint density at radius 2 is 1.80 bits per heavy atom. The number of rotatable bonds is 6. The Bertz CT molecular complexity index is 1360. The maximum Gasteiger partial charge on any atom is 0.335 e. The minimum Gasteiger partial charge on any atom is -0.493 e. The number of hydrogen-bond donors (Lipinski definition) is 1. The van der Waals surface area contributed by atoms with Crippen molar-refractivity contribution in [1.82, 2.24) is 5.32 Å². The van der Waals surface area contributed by atoms with E-state index in [9.17, 15) is 14.4 Å². The summed E-state index contributed by atoms with van der Waals surface area (Å²) in [5, 5.41) is 2.81. The van der Waals surface area contributed by atoms with Crippen molar-refractivity contribution in [1.29, 1.82) is 0 Å². The molecular weight excluding hydrogens is 651 g/mol. The standard InChI is InChI=1S/C25H17BrClIN2O5/c1-34-21-12-14(11-20(28)22(21)35-13-15-4-2-3-5-19(15)27)10-18-23(31)29-25(33)30(24(18)32)17-8-6-16(26)7-9-17/h2-12H,13H2,1H3,(H,29,31,33)/b18-10+. The quantitative estimate of drug-likeness (QED) is 0.199. The molecule has 1 heterocycles. The number of methoxy groups -OCH3 is 1. The Hall–Kier alpha value is -2.89. The number of barbiturate groups is 1. The van der Waals surface area contributed by atoms with Gasteiger partial charge in [0.1, 0.15) is 12.2 Å². The van der Waals surface area contributed by atoms with E-state index in [1.807, 2.05) is 18.2 Å². The minimum absolute atomic E-state index is 0.185. The van der Waals surface area contributed by atoms with Crippen LogP contribution in [0, 0.1) is 3.57 Å². The fraction of sp³-hybridized carbons (Fsp3) is 0.0800. The molecule has 0 unspecified atom stereocenters. The molecule has 4 rings (SSSR count). The van der Waals surface area contributed by atoms with Crippen LogP contribution in [0.1, 0.15) is 11.1 Å². The van der Waals surface area contributed by atoms with Gasteiger partial charge in [0.25, 0.3) is 11.8 Å². The van der Waals surface area contributed by atoms with Gasteiger partial charge >= 0.3 is 6.03 Å². The second-order valence-corrected chi connectivity index (χ2v) is 9.83. The van der Waals surface area contributed by atoms with Crippen LogP contribution in [-0.2, 0) is 16.2 Å². The predicted octanol–water partition coefficient (Wildman–Crippen LogP) is 5.96. The third-order valence-electron chi connectivity index (χ3n) is 5.08. The Labute approximate surface area is 228 Å². The van der Waals surface area contributed by atoms with Crippen LogP contribution in [-0.4, -0.2) is 25.0 Å². The Balaban J connectivity index is 1.64. The molecule has 0 radical (unpaired) electrons. The second-order valence-electron chi connectivity index (χ2n) is 7.35. The normalized spacial score (nSPS) is 14.8. The van der Waals surface area contributed by atoms with Gasteiger partial charge < -0.3 is 9.47 Å². The summed E-state index contributed by atoms with van der Waals surface area (Å²) in [5.74, 6) is -0.586. The summed E-state index contributed by atoms with van der Waals surface area (Å²) in [6.07, 6.45) is 1.42. The number of imide groups is 2. The van der Waals surface area contributed by atoms with Gasteiger partial charge in [-0.05, 0) is 76.7 Å². The summed E-state index contributed by atoms with van der Waals surface area (Å²) >= 11 is 11.6. The number of carbonyl (C=O) groups is 3. The molecule has 1 saturated heterocycles.